The van der Waals surface area contributed by atoms with Gasteiger partial charge in [0.25, 0.3) is 5.91 Å². The highest BCUT2D eigenvalue weighted by molar-refractivity contribution is 6.18. The van der Waals surface area contributed by atoms with Crippen LogP contribution in [0.2, 0.25) is 0 Å². The van der Waals surface area contributed by atoms with Gasteiger partial charge in [0.1, 0.15) is 0 Å². The second-order valence-electron chi connectivity index (χ2n) is 4.92. The molecule has 1 amide bonds. The van der Waals surface area contributed by atoms with Crippen molar-refractivity contribution in [1.29, 1.82) is 0 Å². The molecule has 2 atom stereocenters. The lowest BCUT2D eigenvalue weighted by molar-refractivity contribution is 0.0930. The summed E-state index contributed by atoms with van der Waals surface area (Å²) in [6.07, 6.45) is 0. The van der Waals surface area contributed by atoms with E-state index in [0.29, 0.717) is 36.2 Å². The van der Waals surface area contributed by atoms with Gasteiger partial charge in [-0.2, -0.15) is 0 Å². The predicted molar refractivity (Wildman–Crippen MR) is 85.6 cm³/mol. The fraction of sp³-hybridized carbons (Fsp3) is 0.562. The summed E-state index contributed by atoms with van der Waals surface area (Å²) in [5.41, 5.74) is 0.551. The summed E-state index contributed by atoms with van der Waals surface area (Å²) in [5.74, 6) is 1.82. The van der Waals surface area contributed by atoms with Crippen LogP contribution in [-0.4, -0.2) is 31.0 Å². The van der Waals surface area contributed by atoms with Gasteiger partial charge in [0.2, 0.25) is 0 Å². The highest BCUT2D eigenvalue weighted by atomic mass is 35.5. The molecule has 0 aliphatic rings. The lowest BCUT2D eigenvalue weighted by Crippen LogP contribution is -2.37. The number of carbonyl (C=O) groups excluding carboxylic acids is 1. The van der Waals surface area contributed by atoms with Gasteiger partial charge in [-0.1, -0.05) is 6.92 Å². The standard InChI is InChI=1S/C16H24ClNO3/c1-5-20-14-8-7-13(9-15(14)21-6-2)16(19)18-12(4)11(3)10-17/h7-9,11-12H,5-6,10H2,1-4H3,(H,18,19). The Labute approximate surface area is 131 Å². The molecule has 2 unspecified atom stereocenters. The number of ether oxygens (including phenoxy) is 2. The van der Waals surface area contributed by atoms with Crippen LogP contribution in [-0.2, 0) is 0 Å². The number of hydrogen-bond donors (Lipinski definition) is 1. The number of halogens is 1. The molecule has 0 aromatic heterocycles. The van der Waals surface area contributed by atoms with E-state index < -0.39 is 0 Å². The first-order valence-electron chi connectivity index (χ1n) is 7.29. The molecular weight excluding hydrogens is 290 g/mol. The van der Waals surface area contributed by atoms with E-state index in [1.807, 2.05) is 27.7 Å². The highest BCUT2D eigenvalue weighted by Crippen LogP contribution is 2.28. The van der Waals surface area contributed by atoms with Crippen molar-refractivity contribution >= 4 is 17.5 Å². The van der Waals surface area contributed by atoms with Crippen molar-refractivity contribution in [3.05, 3.63) is 23.8 Å². The second kappa shape index (κ2) is 8.78. The Morgan fingerprint density at radius 3 is 2.38 bits per heavy atom. The summed E-state index contributed by atoms with van der Waals surface area (Å²) in [7, 11) is 0. The van der Waals surface area contributed by atoms with Crippen molar-refractivity contribution in [2.75, 3.05) is 19.1 Å². The van der Waals surface area contributed by atoms with Gasteiger partial charge in [-0.05, 0) is 44.9 Å². The molecule has 0 saturated heterocycles. The first-order chi connectivity index (χ1) is 10.0. The van der Waals surface area contributed by atoms with E-state index in [-0.39, 0.29) is 17.9 Å². The first kappa shape index (κ1) is 17.6. The fourth-order valence-corrected chi connectivity index (χ4v) is 2.03. The average molecular weight is 314 g/mol. The van der Waals surface area contributed by atoms with E-state index in [1.165, 1.54) is 0 Å². The molecule has 0 radical (unpaired) electrons. The smallest absolute Gasteiger partial charge is 0.251 e. The number of alkyl halides is 1. The van der Waals surface area contributed by atoms with Gasteiger partial charge in [0, 0.05) is 17.5 Å². The maximum Gasteiger partial charge on any atom is 0.251 e. The summed E-state index contributed by atoms with van der Waals surface area (Å²) in [5, 5.41) is 2.95. The Balaban J connectivity index is 2.87. The fourth-order valence-electron chi connectivity index (χ4n) is 1.76. The minimum Gasteiger partial charge on any atom is -0.490 e. The van der Waals surface area contributed by atoms with Gasteiger partial charge >= 0.3 is 0 Å². The van der Waals surface area contributed by atoms with E-state index in [9.17, 15) is 4.79 Å². The van der Waals surface area contributed by atoms with Gasteiger partial charge in [-0.3, -0.25) is 4.79 Å². The lowest BCUT2D eigenvalue weighted by Gasteiger charge is -2.19. The molecule has 5 heteroatoms. The topological polar surface area (TPSA) is 47.6 Å². The number of rotatable bonds is 8. The van der Waals surface area contributed by atoms with E-state index in [0.717, 1.165) is 0 Å². The van der Waals surface area contributed by atoms with Crippen molar-refractivity contribution in [3.8, 4) is 11.5 Å². The Hall–Kier alpha value is -1.42. The SMILES string of the molecule is CCOc1ccc(C(=O)NC(C)C(C)CCl)cc1OCC. The van der Waals surface area contributed by atoms with Crippen LogP contribution in [0.25, 0.3) is 0 Å². The van der Waals surface area contributed by atoms with Crippen LogP contribution in [0, 0.1) is 5.92 Å². The number of amides is 1. The molecule has 0 bridgehead atoms. The lowest BCUT2D eigenvalue weighted by atomic mass is 10.1. The van der Waals surface area contributed by atoms with E-state index in [4.69, 9.17) is 21.1 Å². The molecule has 0 heterocycles. The van der Waals surface area contributed by atoms with Gasteiger partial charge in [0.15, 0.2) is 11.5 Å². The van der Waals surface area contributed by atoms with Crippen molar-refractivity contribution in [3.63, 3.8) is 0 Å². The largest absolute Gasteiger partial charge is 0.490 e. The van der Waals surface area contributed by atoms with E-state index in [2.05, 4.69) is 5.32 Å². The van der Waals surface area contributed by atoms with Gasteiger partial charge in [-0.15, -0.1) is 11.6 Å². The zero-order chi connectivity index (χ0) is 15.8. The van der Waals surface area contributed by atoms with Crippen molar-refractivity contribution < 1.29 is 14.3 Å². The maximum absolute atomic E-state index is 12.3. The minimum absolute atomic E-state index is 0.0112. The van der Waals surface area contributed by atoms with Crippen LogP contribution in [0.4, 0.5) is 0 Å². The Bertz CT molecular complexity index is 465. The molecule has 1 N–H and O–H groups in total. The summed E-state index contributed by atoms with van der Waals surface area (Å²) in [6.45, 7) is 8.82. The Morgan fingerprint density at radius 2 is 1.81 bits per heavy atom. The van der Waals surface area contributed by atoms with Crippen molar-refractivity contribution in [1.82, 2.24) is 5.32 Å². The van der Waals surface area contributed by atoms with Gasteiger partial charge < -0.3 is 14.8 Å². The summed E-state index contributed by atoms with van der Waals surface area (Å²) in [6, 6.07) is 5.22. The molecule has 21 heavy (non-hydrogen) atoms. The molecular formula is C16H24ClNO3. The monoisotopic (exact) mass is 313 g/mol. The predicted octanol–water partition coefficient (Wildman–Crippen LogP) is 3.48. The van der Waals surface area contributed by atoms with Crippen LogP contribution in [0.15, 0.2) is 18.2 Å². The summed E-state index contributed by atoms with van der Waals surface area (Å²) < 4.78 is 11.0. The molecule has 0 aliphatic heterocycles. The van der Waals surface area contributed by atoms with Crippen LogP contribution in [0.3, 0.4) is 0 Å². The summed E-state index contributed by atoms with van der Waals surface area (Å²) in [4.78, 5) is 12.3. The molecule has 118 valence electrons. The molecule has 0 spiro atoms. The third kappa shape index (κ3) is 5.12. The third-order valence-electron chi connectivity index (χ3n) is 3.26. The molecule has 1 aromatic carbocycles. The molecule has 1 aromatic rings. The van der Waals surface area contributed by atoms with Crippen molar-refractivity contribution in [2.24, 2.45) is 5.92 Å². The normalized spacial score (nSPS) is 13.4. The molecule has 0 aliphatic carbocycles. The van der Waals surface area contributed by atoms with Crippen LogP contribution >= 0.6 is 11.6 Å². The van der Waals surface area contributed by atoms with E-state index in [1.54, 1.807) is 18.2 Å². The Kier molecular flexibility index (Phi) is 7.37. The number of benzene rings is 1. The minimum atomic E-state index is -0.136. The molecule has 4 nitrogen and oxygen atoms in total. The quantitative estimate of drug-likeness (QED) is 0.747. The average Bonchev–Trinajstić information content (AvgIpc) is 2.48. The van der Waals surface area contributed by atoms with Crippen LogP contribution in [0.5, 0.6) is 11.5 Å². The number of carbonyl (C=O) groups is 1. The molecule has 0 saturated carbocycles. The van der Waals surface area contributed by atoms with Gasteiger partial charge in [-0.25, -0.2) is 0 Å². The number of hydrogen-bond acceptors (Lipinski definition) is 3. The first-order valence-corrected chi connectivity index (χ1v) is 7.83. The molecule has 0 fully saturated rings. The second-order valence-corrected chi connectivity index (χ2v) is 5.23. The maximum atomic E-state index is 12.3. The molecule has 1 rings (SSSR count). The summed E-state index contributed by atoms with van der Waals surface area (Å²) >= 11 is 5.81. The zero-order valence-electron chi connectivity index (χ0n) is 13.1. The van der Waals surface area contributed by atoms with Crippen LogP contribution < -0.4 is 14.8 Å². The van der Waals surface area contributed by atoms with E-state index >= 15 is 0 Å². The number of nitrogens with one attached hydrogen (secondary N) is 1. The highest BCUT2D eigenvalue weighted by Gasteiger charge is 2.16. The zero-order valence-corrected chi connectivity index (χ0v) is 13.9. The van der Waals surface area contributed by atoms with Crippen LogP contribution in [0.1, 0.15) is 38.1 Å². The van der Waals surface area contributed by atoms with Crippen molar-refractivity contribution in [2.45, 2.75) is 33.7 Å². The van der Waals surface area contributed by atoms with Gasteiger partial charge in [0.05, 0.1) is 13.2 Å². The third-order valence-corrected chi connectivity index (χ3v) is 3.75. The Morgan fingerprint density at radius 1 is 1.19 bits per heavy atom.